The molecule has 0 amide bonds. The van der Waals surface area contributed by atoms with Crippen LogP contribution in [-0.2, 0) is 19.1 Å². The number of esters is 2. The first kappa shape index (κ1) is 15.6. The van der Waals surface area contributed by atoms with Crippen molar-refractivity contribution in [2.45, 2.75) is 19.6 Å². The van der Waals surface area contributed by atoms with E-state index < -0.39 is 34.9 Å². The number of pyridine rings is 1. The molecule has 1 aliphatic heterocycles. The van der Waals surface area contributed by atoms with E-state index in [0.717, 1.165) is 12.3 Å². The van der Waals surface area contributed by atoms with Crippen LogP contribution in [0.4, 0.5) is 0 Å². The highest BCUT2D eigenvalue weighted by Gasteiger charge is 2.39. The van der Waals surface area contributed by atoms with Gasteiger partial charge in [0.1, 0.15) is 5.69 Å². The Labute approximate surface area is 136 Å². The number of allylic oxidation sites excluding steroid dienone is 2. The minimum Gasteiger partial charge on any atom is -0.419 e. The van der Waals surface area contributed by atoms with Crippen molar-refractivity contribution in [3.8, 4) is 0 Å². The number of hydrogen-bond donors (Lipinski definition) is 1. The van der Waals surface area contributed by atoms with Gasteiger partial charge >= 0.3 is 11.9 Å². The van der Waals surface area contributed by atoms with Crippen molar-refractivity contribution in [1.82, 2.24) is 10.3 Å². The van der Waals surface area contributed by atoms with Gasteiger partial charge in [-0.05, 0) is 12.1 Å². The van der Waals surface area contributed by atoms with Crippen LogP contribution in [0.3, 0.4) is 0 Å². The Hall–Kier alpha value is -3.29. The molecule has 3 rings (SSSR count). The van der Waals surface area contributed by atoms with E-state index in [2.05, 4.69) is 10.3 Å². The monoisotopic (exact) mass is 328 g/mol. The van der Waals surface area contributed by atoms with Crippen LogP contribution in [0.25, 0.3) is 0 Å². The van der Waals surface area contributed by atoms with Gasteiger partial charge in [-0.1, -0.05) is 0 Å². The average Bonchev–Trinajstić information content (AvgIpc) is 2.50. The van der Waals surface area contributed by atoms with E-state index in [9.17, 15) is 19.2 Å². The first-order valence-corrected chi connectivity index (χ1v) is 6.97. The van der Waals surface area contributed by atoms with Crippen LogP contribution in [0, 0.1) is 0 Å². The number of ketones is 2. The molecule has 0 spiro atoms. The van der Waals surface area contributed by atoms with E-state index in [4.69, 9.17) is 9.47 Å². The number of fused-ring (bicyclic) bond motifs is 1. The summed E-state index contributed by atoms with van der Waals surface area (Å²) >= 11 is 0. The highest BCUT2D eigenvalue weighted by Crippen LogP contribution is 2.23. The second kappa shape index (κ2) is 5.41. The summed E-state index contributed by atoms with van der Waals surface area (Å²) in [5.74, 6) is -4.08. The lowest BCUT2D eigenvalue weighted by atomic mass is 9.97. The quantitative estimate of drug-likeness (QED) is 0.478. The predicted octanol–water partition coefficient (Wildman–Crippen LogP) is 0.654. The number of nitrogens with one attached hydrogen (secondary N) is 1. The van der Waals surface area contributed by atoms with Gasteiger partial charge in [0.25, 0.3) is 5.79 Å². The maximum absolute atomic E-state index is 12.3. The maximum Gasteiger partial charge on any atom is 0.350 e. The van der Waals surface area contributed by atoms with Gasteiger partial charge in [-0.3, -0.25) is 14.6 Å². The molecule has 1 aromatic rings. The Bertz CT molecular complexity index is 828. The molecule has 0 unspecified atom stereocenters. The van der Waals surface area contributed by atoms with Crippen LogP contribution in [-0.4, -0.2) is 34.3 Å². The fraction of sp³-hybridized carbons (Fsp3) is 0.188. The Balaban J connectivity index is 1.85. The Morgan fingerprint density at radius 3 is 2.46 bits per heavy atom. The first-order chi connectivity index (χ1) is 11.3. The molecular weight excluding hydrogens is 316 g/mol. The topological polar surface area (TPSA) is 112 Å². The highest BCUT2D eigenvalue weighted by molar-refractivity contribution is 6.23. The van der Waals surface area contributed by atoms with E-state index >= 15 is 0 Å². The number of aromatic nitrogens is 1. The van der Waals surface area contributed by atoms with Gasteiger partial charge in [-0.25, -0.2) is 9.59 Å². The number of Topliss-reactive ketones (excluding diaryl/α,β-unsaturated/α-hetero) is 1. The Kier molecular flexibility index (Phi) is 3.52. The van der Waals surface area contributed by atoms with E-state index in [1.54, 1.807) is 6.07 Å². The number of rotatable bonds is 2. The zero-order chi connectivity index (χ0) is 17.5. The summed E-state index contributed by atoms with van der Waals surface area (Å²) in [4.78, 5) is 51.8. The molecule has 0 atom stereocenters. The summed E-state index contributed by atoms with van der Waals surface area (Å²) < 4.78 is 9.85. The minimum absolute atomic E-state index is 0.000769. The summed E-state index contributed by atoms with van der Waals surface area (Å²) in [6.07, 6.45) is 3.45. The van der Waals surface area contributed by atoms with E-state index in [-0.39, 0.29) is 17.0 Å². The molecule has 8 heteroatoms. The van der Waals surface area contributed by atoms with Gasteiger partial charge in [0, 0.05) is 32.3 Å². The van der Waals surface area contributed by atoms with Gasteiger partial charge in [-0.2, -0.15) is 0 Å². The molecule has 0 radical (unpaired) electrons. The van der Waals surface area contributed by atoms with Crippen LogP contribution >= 0.6 is 0 Å². The van der Waals surface area contributed by atoms with Gasteiger partial charge < -0.3 is 14.8 Å². The second-order valence-corrected chi connectivity index (χ2v) is 5.53. The molecule has 0 aromatic carbocycles. The van der Waals surface area contributed by atoms with Gasteiger partial charge in [0.15, 0.2) is 11.4 Å². The lowest BCUT2D eigenvalue weighted by molar-refractivity contribution is -0.222. The first-order valence-electron chi connectivity index (χ1n) is 6.97. The second-order valence-electron chi connectivity index (χ2n) is 5.53. The van der Waals surface area contributed by atoms with Crippen molar-refractivity contribution < 1.29 is 28.7 Å². The number of hydrogen-bond acceptors (Lipinski definition) is 8. The lowest BCUT2D eigenvalue weighted by Crippen LogP contribution is -2.42. The molecule has 24 heavy (non-hydrogen) atoms. The SMILES string of the molecule is CC1(C)OC(=O)C(=CNC2=CC(=O)c3cccnc3C2=O)C(=O)O1. The van der Waals surface area contributed by atoms with Gasteiger partial charge in [0.05, 0.1) is 11.3 Å². The number of ether oxygens (including phenoxy) is 2. The average molecular weight is 328 g/mol. The summed E-state index contributed by atoms with van der Waals surface area (Å²) in [7, 11) is 0. The molecule has 1 saturated heterocycles. The zero-order valence-corrected chi connectivity index (χ0v) is 12.8. The predicted molar refractivity (Wildman–Crippen MR) is 78.5 cm³/mol. The van der Waals surface area contributed by atoms with Crippen LogP contribution in [0.5, 0.6) is 0 Å². The molecule has 1 aromatic heterocycles. The molecule has 0 saturated carbocycles. The van der Waals surface area contributed by atoms with Crippen LogP contribution < -0.4 is 5.32 Å². The smallest absolute Gasteiger partial charge is 0.350 e. The summed E-state index contributed by atoms with van der Waals surface area (Å²) in [6, 6.07) is 3.04. The standard InChI is InChI=1S/C16H12N2O6/c1-16(2)23-14(21)9(15(22)24-16)7-18-10-6-11(19)8-4-3-5-17-12(8)13(10)20/h3-7,18H,1-2H3. The van der Waals surface area contributed by atoms with Crippen molar-refractivity contribution in [1.29, 1.82) is 0 Å². The zero-order valence-electron chi connectivity index (χ0n) is 12.8. The third-order valence-electron chi connectivity index (χ3n) is 3.30. The van der Waals surface area contributed by atoms with Crippen LogP contribution in [0.1, 0.15) is 34.7 Å². The highest BCUT2D eigenvalue weighted by atomic mass is 16.7. The van der Waals surface area contributed by atoms with E-state index in [1.807, 2.05) is 0 Å². The van der Waals surface area contributed by atoms with Crippen LogP contribution in [0.2, 0.25) is 0 Å². The third-order valence-corrected chi connectivity index (χ3v) is 3.30. The van der Waals surface area contributed by atoms with Crippen LogP contribution in [0.15, 0.2) is 41.9 Å². The number of carbonyl (C=O) groups is 4. The molecule has 1 N–H and O–H groups in total. The number of carbonyl (C=O) groups excluding carboxylic acids is 4. The molecule has 0 bridgehead atoms. The van der Waals surface area contributed by atoms with Crippen molar-refractivity contribution in [3.05, 3.63) is 53.1 Å². The molecule has 2 aliphatic rings. The number of cyclic esters (lactones) is 2. The Morgan fingerprint density at radius 2 is 1.79 bits per heavy atom. The number of nitrogens with zero attached hydrogens (tertiary/aromatic N) is 1. The van der Waals surface area contributed by atoms with Crippen molar-refractivity contribution >= 4 is 23.5 Å². The largest absolute Gasteiger partial charge is 0.419 e. The third kappa shape index (κ3) is 2.69. The fourth-order valence-electron chi connectivity index (χ4n) is 2.22. The normalized spacial score (nSPS) is 19.1. The molecular formula is C16H12N2O6. The lowest BCUT2D eigenvalue weighted by Gasteiger charge is -2.29. The summed E-state index contributed by atoms with van der Waals surface area (Å²) in [5.41, 5.74) is -0.328. The minimum atomic E-state index is -1.36. The molecule has 2 heterocycles. The van der Waals surface area contributed by atoms with Gasteiger partial charge in [0.2, 0.25) is 5.78 Å². The van der Waals surface area contributed by atoms with Crippen molar-refractivity contribution in [2.24, 2.45) is 0 Å². The molecule has 8 nitrogen and oxygen atoms in total. The van der Waals surface area contributed by atoms with Gasteiger partial charge in [-0.15, -0.1) is 0 Å². The Morgan fingerprint density at radius 1 is 1.12 bits per heavy atom. The van der Waals surface area contributed by atoms with E-state index in [0.29, 0.717) is 0 Å². The van der Waals surface area contributed by atoms with E-state index in [1.165, 1.54) is 26.1 Å². The summed E-state index contributed by atoms with van der Waals surface area (Å²) in [5, 5.41) is 2.49. The summed E-state index contributed by atoms with van der Waals surface area (Å²) in [6.45, 7) is 2.84. The molecule has 1 fully saturated rings. The molecule has 122 valence electrons. The molecule has 1 aliphatic carbocycles. The maximum atomic E-state index is 12.3. The van der Waals surface area contributed by atoms with Crippen molar-refractivity contribution in [3.63, 3.8) is 0 Å². The van der Waals surface area contributed by atoms with Crippen molar-refractivity contribution in [2.75, 3.05) is 0 Å². The fourth-order valence-corrected chi connectivity index (χ4v) is 2.22.